The molecule has 1 heterocycles. The molecule has 1 unspecified atom stereocenters. The van der Waals surface area contributed by atoms with E-state index in [4.69, 9.17) is 0 Å². The van der Waals surface area contributed by atoms with E-state index >= 15 is 0 Å². The van der Waals surface area contributed by atoms with E-state index in [0.717, 1.165) is 36.8 Å². The van der Waals surface area contributed by atoms with Crippen LogP contribution >= 0.6 is 11.8 Å². The van der Waals surface area contributed by atoms with E-state index in [1.807, 2.05) is 18.8 Å². The maximum Gasteiger partial charge on any atom is 0.191 e. The average molecular weight is 270 g/mol. The van der Waals surface area contributed by atoms with E-state index < -0.39 is 0 Å². The van der Waals surface area contributed by atoms with Gasteiger partial charge in [0.2, 0.25) is 0 Å². The Morgan fingerprint density at radius 3 is 2.83 bits per heavy atom. The van der Waals surface area contributed by atoms with Crippen molar-refractivity contribution in [3.63, 3.8) is 0 Å². The number of likely N-dealkylation sites (tertiary alicyclic amines) is 1. The van der Waals surface area contributed by atoms with Crippen molar-refractivity contribution in [1.29, 1.82) is 0 Å². The van der Waals surface area contributed by atoms with Gasteiger partial charge in [-0.05, 0) is 38.0 Å². The van der Waals surface area contributed by atoms with E-state index in [1.54, 1.807) is 0 Å². The molecule has 5 heteroatoms. The molecule has 1 saturated carbocycles. The molecule has 0 amide bonds. The van der Waals surface area contributed by atoms with Gasteiger partial charge in [0.15, 0.2) is 5.96 Å². The molecule has 4 nitrogen and oxygen atoms in total. The highest BCUT2D eigenvalue weighted by molar-refractivity contribution is 7.98. The first kappa shape index (κ1) is 14.0. The van der Waals surface area contributed by atoms with Crippen LogP contribution < -0.4 is 10.6 Å². The van der Waals surface area contributed by atoms with Crippen molar-refractivity contribution in [3.8, 4) is 0 Å². The molecule has 2 aliphatic rings. The zero-order valence-corrected chi connectivity index (χ0v) is 12.4. The van der Waals surface area contributed by atoms with Crippen LogP contribution in [0.2, 0.25) is 0 Å². The van der Waals surface area contributed by atoms with Crippen LogP contribution in [0.4, 0.5) is 0 Å². The molecule has 1 aliphatic heterocycles. The predicted octanol–water partition coefficient (Wildman–Crippen LogP) is 0.999. The Kier molecular flexibility index (Phi) is 5.63. The molecule has 1 atom stereocenters. The van der Waals surface area contributed by atoms with Crippen LogP contribution in [0.25, 0.3) is 0 Å². The second-order valence-electron chi connectivity index (χ2n) is 5.25. The molecule has 0 radical (unpaired) electrons. The van der Waals surface area contributed by atoms with Gasteiger partial charge in [-0.15, -0.1) is 0 Å². The third-order valence-corrected chi connectivity index (χ3v) is 4.37. The molecule has 104 valence electrons. The molecule has 2 N–H and O–H groups in total. The Labute approximate surface area is 115 Å². The Hall–Kier alpha value is -0.420. The minimum Gasteiger partial charge on any atom is -0.356 e. The van der Waals surface area contributed by atoms with Crippen molar-refractivity contribution in [1.82, 2.24) is 15.5 Å². The standard InChI is InChI=1S/C13H26N4S/c1-14-13(15-6-8-18-2)16-9-11-5-7-17(10-11)12-3-4-12/h11-12H,3-10H2,1-2H3,(H2,14,15,16). The lowest BCUT2D eigenvalue weighted by atomic mass is 10.1. The number of hydrogen-bond acceptors (Lipinski definition) is 3. The van der Waals surface area contributed by atoms with Gasteiger partial charge in [-0.3, -0.25) is 4.99 Å². The third kappa shape index (κ3) is 4.35. The fourth-order valence-corrected chi connectivity index (χ4v) is 2.84. The van der Waals surface area contributed by atoms with Gasteiger partial charge in [-0.1, -0.05) is 0 Å². The number of nitrogens with zero attached hydrogens (tertiary/aromatic N) is 2. The number of hydrogen-bond donors (Lipinski definition) is 2. The summed E-state index contributed by atoms with van der Waals surface area (Å²) in [5, 5.41) is 6.80. The van der Waals surface area contributed by atoms with Crippen LogP contribution in [0.3, 0.4) is 0 Å². The van der Waals surface area contributed by atoms with Gasteiger partial charge in [0.25, 0.3) is 0 Å². The van der Waals surface area contributed by atoms with Crippen molar-refractivity contribution in [2.75, 3.05) is 45.2 Å². The van der Waals surface area contributed by atoms with Crippen molar-refractivity contribution in [3.05, 3.63) is 0 Å². The summed E-state index contributed by atoms with van der Waals surface area (Å²) in [6, 6.07) is 0.925. The Morgan fingerprint density at radius 1 is 1.33 bits per heavy atom. The number of thioether (sulfide) groups is 1. The zero-order chi connectivity index (χ0) is 12.8. The molecular formula is C13H26N4S. The lowest BCUT2D eigenvalue weighted by Crippen LogP contribution is -2.41. The smallest absolute Gasteiger partial charge is 0.191 e. The second-order valence-corrected chi connectivity index (χ2v) is 6.24. The van der Waals surface area contributed by atoms with Crippen LogP contribution in [-0.2, 0) is 0 Å². The highest BCUT2D eigenvalue weighted by Gasteiger charge is 2.34. The van der Waals surface area contributed by atoms with Crippen molar-refractivity contribution in [2.24, 2.45) is 10.9 Å². The SMILES string of the molecule is CN=C(NCCSC)NCC1CCN(C2CC2)C1. The molecule has 1 aliphatic carbocycles. The Morgan fingerprint density at radius 2 is 2.17 bits per heavy atom. The normalized spacial score (nSPS) is 25.4. The minimum atomic E-state index is 0.796. The summed E-state index contributed by atoms with van der Waals surface area (Å²) in [6.07, 6.45) is 6.32. The van der Waals surface area contributed by atoms with Gasteiger partial charge in [-0.25, -0.2) is 0 Å². The largest absolute Gasteiger partial charge is 0.356 e. The monoisotopic (exact) mass is 270 g/mol. The van der Waals surface area contributed by atoms with E-state index in [0.29, 0.717) is 0 Å². The van der Waals surface area contributed by atoms with Crippen molar-refractivity contribution in [2.45, 2.75) is 25.3 Å². The van der Waals surface area contributed by atoms with E-state index in [9.17, 15) is 0 Å². The molecule has 18 heavy (non-hydrogen) atoms. The molecule has 0 spiro atoms. The van der Waals surface area contributed by atoms with E-state index in [2.05, 4.69) is 26.8 Å². The van der Waals surface area contributed by atoms with Gasteiger partial charge in [-0.2, -0.15) is 11.8 Å². The fraction of sp³-hybridized carbons (Fsp3) is 0.923. The second kappa shape index (κ2) is 7.24. The van der Waals surface area contributed by atoms with E-state index in [1.165, 1.54) is 32.4 Å². The lowest BCUT2D eigenvalue weighted by molar-refractivity contribution is 0.314. The zero-order valence-electron chi connectivity index (χ0n) is 11.6. The number of aliphatic imine (C=N–C) groups is 1. The molecule has 0 aromatic heterocycles. The minimum absolute atomic E-state index is 0.796. The van der Waals surface area contributed by atoms with Crippen LogP contribution in [0.1, 0.15) is 19.3 Å². The molecule has 2 fully saturated rings. The summed E-state index contributed by atoms with van der Waals surface area (Å²) in [7, 11) is 1.85. The Bertz CT molecular complexity index is 278. The first-order valence-electron chi connectivity index (χ1n) is 7.01. The molecule has 0 bridgehead atoms. The molecular weight excluding hydrogens is 244 g/mol. The summed E-state index contributed by atoms with van der Waals surface area (Å²) in [5.41, 5.74) is 0. The van der Waals surface area contributed by atoms with Gasteiger partial charge in [0.1, 0.15) is 0 Å². The number of rotatable bonds is 6. The van der Waals surface area contributed by atoms with Gasteiger partial charge in [0, 0.05) is 38.5 Å². The van der Waals surface area contributed by atoms with Crippen molar-refractivity contribution < 1.29 is 0 Å². The number of nitrogens with one attached hydrogen (secondary N) is 2. The first-order valence-corrected chi connectivity index (χ1v) is 8.40. The van der Waals surface area contributed by atoms with E-state index in [-0.39, 0.29) is 0 Å². The quantitative estimate of drug-likeness (QED) is 0.429. The first-order chi connectivity index (χ1) is 8.83. The maximum atomic E-state index is 4.26. The van der Waals surface area contributed by atoms with Gasteiger partial charge < -0.3 is 15.5 Å². The van der Waals surface area contributed by atoms with Gasteiger partial charge >= 0.3 is 0 Å². The molecule has 0 aromatic rings. The molecule has 1 saturated heterocycles. The summed E-state index contributed by atoms with van der Waals surface area (Å²) in [4.78, 5) is 6.92. The molecule has 2 rings (SSSR count). The average Bonchev–Trinajstić information content (AvgIpc) is 3.13. The topological polar surface area (TPSA) is 39.7 Å². The van der Waals surface area contributed by atoms with Gasteiger partial charge in [0.05, 0.1) is 0 Å². The van der Waals surface area contributed by atoms with Crippen LogP contribution in [-0.4, -0.2) is 62.1 Å². The van der Waals surface area contributed by atoms with Crippen LogP contribution in [0.15, 0.2) is 4.99 Å². The highest BCUT2D eigenvalue weighted by atomic mass is 32.2. The van der Waals surface area contributed by atoms with Crippen LogP contribution in [0.5, 0.6) is 0 Å². The summed E-state index contributed by atoms with van der Waals surface area (Å²) < 4.78 is 0. The maximum absolute atomic E-state index is 4.26. The predicted molar refractivity (Wildman–Crippen MR) is 80.4 cm³/mol. The summed E-state index contributed by atoms with van der Waals surface area (Å²) in [6.45, 7) is 4.62. The lowest BCUT2D eigenvalue weighted by Gasteiger charge is -2.16. The third-order valence-electron chi connectivity index (χ3n) is 3.76. The number of guanidine groups is 1. The summed E-state index contributed by atoms with van der Waals surface area (Å²) in [5.74, 6) is 2.87. The Balaban J connectivity index is 1.61. The van der Waals surface area contributed by atoms with Crippen LogP contribution in [0, 0.1) is 5.92 Å². The fourth-order valence-electron chi connectivity index (χ4n) is 2.53. The summed E-state index contributed by atoms with van der Waals surface area (Å²) >= 11 is 1.86. The molecule has 0 aromatic carbocycles. The van der Waals surface area contributed by atoms with Crippen molar-refractivity contribution >= 4 is 17.7 Å². The highest BCUT2D eigenvalue weighted by Crippen LogP contribution is 2.31.